The van der Waals surface area contributed by atoms with Crippen LogP contribution in [0.2, 0.25) is 0 Å². The molecule has 0 radical (unpaired) electrons. The molecule has 0 spiro atoms. The number of amides is 2. The van der Waals surface area contributed by atoms with Crippen LogP contribution in [0.5, 0.6) is 0 Å². The second kappa shape index (κ2) is 7.67. The molecule has 3 rings (SSSR count). The maximum atomic E-state index is 12.3. The van der Waals surface area contributed by atoms with Gasteiger partial charge >= 0.3 is 6.03 Å². The van der Waals surface area contributed by atoms with E-state index in [0.29, 0.717) is 18.1 Å². The molecule has 0 aliphatic carbocycles. The molecule has 0 fully saturated rings. The zero-order chi connectivity index (χ0) is 17.6. The molecule has 2 heterocycles. The first kappa shape index (κ1) is 16.8. The number of hydrogen-bond donors (Lipinski definition) is 2. The van der Waals surface area contributed by atoms with E-state index in [2.05, 4.69) is 15.6 Å². The molecule has 1 atom stereocenters. The number of furan rings is 1. The number of imidazole rings is 1. The lowest BCUT2D eigenvalue weighted by Crippen LogP contribution is -2.34. The Morgan fingerprint density at radius 3 is 2.92 bits per heavy atom. The first-order valence-electron chi connectivity index (χ1n) is 7.85. The van der Waals surface area contributed by atoms with Gasteiger partial charge in [-0.15, -0.1) is 0 Å². The summed E-state index contributed by atoms with van der Waals surface area (Å²) in [5, 5.41) is 5.68. The monoisotopic (exact) mass is 340 g/mol. The van der Waals surface area contributed by atoms with E-state index in [1.54, 1.807) is 31.7 Å². The number of ether oxygens (including phenoxy) is 1. The van der Waals surface area contributed by atoms with Gasteiger partial charge in [0.15, 0.2) is 0 Å². The van der Waals surface area contributed by atoms with Crippen LogP contribution in [0.4, 0.5) is 10.5 Å². The van der Waals surface area contributed by atoms with Gasteiger partial charge in [-0.1, -0.05) is 12.1 Å². The average molecular weight is 340 g/mol. The number of aryl methyl sites for hydroxylation is 1. The third kappa shape index (κ3) is 4.07. The highest BCUT2D eigenvalue weighted by Crippen LogP contribution is 2.21. The minimum atomic E-state index is -0.363. The number of methoxy groups -OCH3 is 1. The van der Waals surface area contributed by atoms with Crippen molar-refractivity contribution in [2.45, 2.75) is 6.04 Å². The predicted octanol–water partition coefficient (Wildman–Crippen LogP) is 3.19. The van der Waals surface area contributed by atoms with Crippen molar-refractivity contribution in [1.29, 1.82) is 0 Å². The lowest BCUT2D eigenvalue weighted by molar-refractivity contribution is 0.159. The quantitative estimate of drug-likeness (QED) is 0.722. The predicted molar refractivity (Wildman–Crippen MR) is 94.1 cm³/mol. The Balaban J connectivity index is 1.69. The van der Waals surface area contributed by atoms with E-state index < -0.39 is 0 Å². The summed E-state index contributed by atoms with van der Waals surface area (Å²) in [6.45, 7) is 0.314. The summed E-state index contributed by atoms with van der Waals surface area (Å²) in [6.07, 6.45) is 5.18. The molecule has 2 aromatic heterocycles. The van der Waals surface area contributed by atoms with Gasteiger partial charge in [-0.3, -0.25) is 0 Å². The number of carbonyl (C=O) groups is 1. The smallest absolute Gasteiger partial charge is 0.319 e. The van der Waals surface area contributed by atoms with E-state index in [9.17, 15) is 4.79 Å². The summed E-state index contributed by atoms with van der Waals surface area (Å²) >= 11 is 0. The van der Waals surface area contributed by atoms with Crippen LogP contribution in [-0.2, 0) is 11.8 Å². The second-order valence-corrected chi connectivity index (χ2v) is 5.56. The Kier molecular flexibility index (Phi) is 5.15. The number of urea groups is 1. The molecule has 3 aromatic rings. The third-order valence-corrected chi connectivity index (χ3v) is 3.73. The molecule has 0 bridgehead atoms. The Morgan fingerprint density at radius 1 is 1.36 bits per heavy atom. The normalized spacial score (nSPS) is 11.9. The van der Waals surface area contributed by atoms with Gasteiger partial charge in [0.25, 0.3) is 0 Å². The molecule has 0 aliphatic heterocycles. The fraction of sp³-hybridized carbons (Fsp3) is 0.222. The number of rotatable bonds is 6. The average Bonchev–Trinajstić information content (AvgIpc) is 3.26. The minimum absolute atomic E-state index is 0.314. The molecule has 7 heteroatoms. The maximum absolute atomic E-state index is 12.3. The van der Waals surface area contributed by atoms with Gasteiger partial charge in [0.1, 0.15) is 17.6 Å². The van der Waals surface area contributed by atoms with Crippen molar-refractivity contribution >= 4 is 11.7 Å². The van der Waals surface area contributed by atoms with Crippen molar-refractivity contribution in [3.63, 3.8) is 0 Å². The lowest BCUT2D eigenvalue weighted by Gasteiger charge is -2.16. The van der Waals surface area contributed by atoms with E-state index in [1.165, 1.54) is 0 Å². The van der Waals surface area contributed by atoms with E-state index in [1.807, 2.05) is 42.1 Å². The van der Waals surface area contributed by atoms with Crippen LogP contribution in [-0.4, -0.2) is 29.3 Å². The van der Waals surface area contributed by atoms with Gasteiger partial charge in [0, 0.05) is 37.8 Å². The maximum Gasteiger partial charge on any atom is 0.319 e. The van der Waals surface area contributed by atoms with Crippen molar-refractivity contribution in [3.05, 3.63) is 60.8 Å². The molecule has 0 aliphatic rings. The molecule has 2 amide bonds. The highest BCUT2D eigenvalue weighted by atomic mass is 16.5. The first-order valence-corrected chi connectivity index (χ1v) is 7.85. The van der Waals surface area contributed by atoms with Crippen molar-refractivity contribution in [3.8, 4) is 11.4 Å². The van der Waals surface area contributed by atoms with Crippen LogP contribution < -0.4 is 10.6 Å². The van der Waals surface area contributed by atoms with E-state index in [-0.39, 0.29) is 12.1 Å². The Hall–Kier alpha value is -3.06. The summed E-state index contributed by atoms with van der Waals surface area (Å²) < 4.78 is 12.4. The molecule has 7 nitrogen and oxygen atoms in total. The molecule has 1 aromatic carbocycles. The van der Waals surface area contributed by atoms with Crippen LogP contribution in [0.3, 0.4) is 0 Å². The van der Waals surface area contributed by atoms with Crippen LogP contribution in [0.15, 0.2) is 59.5 Å². The molecule has 25 heavy (non-hydrogen) atoms. The zero-order valence-corrected chi connectivity index (χ0v) is 14.1. The number of carbonyl (C=O) groups excluding carboxylic acids is 1. The molecular weight excluding hydrogens is 320 g/mol. The van der Waals surface area contributed by atoms with E-state index >= 15 is 0 Å². The number of hydrogen-bond acceptors (Lipinski definition) is 4. The van der Waals surface area contributed by atoms with Crippen LogP contribution in [0.25, 0.3) is 11.4 Å². The molecular formula is C18H20N4O3. The Bertz CT molecular complexity index is 826. The van der Waals surface area contributed by atoms with Crippen molar-refractivity contribution in [2.75, 3.05) is 19.0 Å². The van der Waals surface area contributed by atoms with Crippen LogP contribution in [0, 0.1) is 0 Å². The van der Waals surface area contributed by atoms with Gasteiger partial charge in [0.05, 0.1) is 12.9 Å². The van der Waals surface area contributed by atoms with Crippen LogP contribution in [0.1, 0.15) is 11.8 Å². The molecule has 0 unspecified atom stereocenters. The van der Waals surface area contributed by atoms with Gasteiger partial charge in [-0.25, -0.2) is 9.78 Å². The Labute approximate surface area is 145 Å². The largest absolute Gasteiger partial charge is 0.467 e. The van der Waals surface area contributed by atoms with Gasteiger partial charge in [-0.05, 0) is 24.3 Å². The second-order valence-electron chi connectivity index (χ2n) is 5.56. The third-order valence-electron chi connectivity index (χ3n) is 3.73. The summed E-state index contributed by atoms with van der Waals surface area (Å²) in [5.41, 5.74) is 1.60. The van der Waals surface area contributed by atoms with Gasteiger partial charge in [0.2, 0.25) is 0 Å². The molecule has 0 saturated carbocycles. The number of benzene rings is 1. The minimum Gasteiger partial charge on any atom is -0.467 e. The zero-order valence-electron chi connectivity index (χ0n) is 14.1. The summed E-state index contributed by atoms with van der Waals surface area (Å²) in [4.78, 5) is 16.6. The summed E-state index contributed by atoms with van der Waals surface area (Å²) in [7, 11) is 3.50. The summed E-state index contributed by atoms with van der Waals surface area (Å²) in [6, 6.07) is 10.4. The van der Waals surface area contributed by atoms with Gasteiger partial charge in [-0.2, -0.15) is 0 Å². The fourth-order valence-corrected chi connectivity index (χ4v) is 2.56. The van der Waals surface area contributed by atoms with Gasteiger partial charge < -0.3 is 24.4 Å². The van der Waals surface area contributed by atoms with Crippen molar-refractivity contribution in [2.24, 2.45) is 7.05 Å². The number of nitrogens with zero attached hydrogens (tertiary/aromatic N) is 2. The lowest BCUT2D eigenvalue weighted by atomic mass is 10.2. The number of nitrogens with one attached hydrogen (secondary N) is 2. The highest BCUT2D eigenvalue weighted by molar-refractivity contribution is 5.90. The van der Waals surface area contributed by atoms with E-state index in [4.69, 9.17) is 9.15 Å². The standard InChI is InChI=1S/C18H20N4O3/c1-22-9-8-19-17(22)13-5-3-6-14(11-13)20-18(23)21-15(12-24-2)16-7-4-10-25-16/h3-11,15H,12H2,1-2H3,(H2,20,21,23)/t15-/m0/s1. The fourth-order valence-electron chi connectivity index (χ4n) is 2.56. The van der Waals surface area contributed by atoms with Crippen molar-refractivity contribution in [1.82, 2.24) is 14.9 Å². The summed E-state index contributed by atoms with van der Waals surface area (Å²) in [5.74, 6) is 1.47. The highest BCUT2D eigenvalue weighted by Gasteiger charge is 2.17. The Morgan fingerprint density at radius 2 is 2.24 bits per heavy atom. The number of aromatic nitrogens is 2. The van der Waals surface area contributed by atoms with Crippen LogP contribution >= 0.6 is 0 Å². The SMILES string of the molecule is COC[C@H](NC(=O)Nc1cccc(-c2nccn2C)c1)c1ccco1. The van der Waals surface area contributed by atoms with Crippen molar-refractivity contribution < 1.29 is 13.9 Å². The number of anilines is 1. The molecule has 130 valence electrons. The first-order chi connectivity index (χ1) is 12.2. The molecule has 2 N–H and O–H groups in total. The molecule has 0 saturated heterocycles. The topological polar surface area (TPSA) is 81.3 Å². The van der Waals surface area contributed by atoms with E-state index in [0.717, 1.165) is 11.4 Å².